The lowest BCUT2D eigenvalue weighted by molar-refractivity contribution is 0.294. The summed E-state index contributed by atoms with van der Waals surface area (Å²) in [6.45, 7) is 5.05. The third kappa shape index (κ3) is 2.86. The molecule has 0 aromatic heterocycles. The van der Waals surface area contributed by atoms with Crippen LogP contribution in [-0.2, 0) is 0 Å². The molecule has 5 unspecified atom stereocenters. The van der Waals surface area contributed by atoms with Crippen molar-refractivity contribution in [1.29, 1.82) is 0 Å². The Morgan fingerprint density at radius 2 is 1.46 bits per heavy atom. The highest BCUT2D eigenvalue weighted by Gasteiger charge is 2.66. The van der Waals surface area contributed by atoms with Crippen LogP contribution in [0, 0.1) is 11.3 Å². The van der Waals surface area contributed by atoms with Crippen LogP contribution in [0.5, 0.6) is 0 Å². The number of hydrogen-bond acceptors (Lipinski definition) is 1. The number of fused-ring (bicyclic) bond motifs is 8. The third-order valence-electron chi connectivity index (χ3n) is 9.85. The average molecular weight is 476 g/mol. The second-order valence-corrected chi connectivity index (χ2v) is 15.9. The zero-order chi connectivity index (χ0) is 23.6. The molecule has 2 heterocycles. The molecule has 7 aliphatic rings. The van der Waals surface area contributed by atoms with Crippen molar-refractivity contribution in [3.05, 3.63) is 119 Å². The van der Waals surface area contributed by atoms with Gasteiger partial charge in [0.15, 0.2) is 0 Å². The fourth-order valence-corrected chi connectivity index (χ4v) is 15.9. The van der Waals surface area contributed by atoms with Crippen molar-refractivity contribution >= 4 is 8.07 Å². The fourth-order valence-electron chi connectivity index (χ4n) is 8.51. The van der Waals surface area contributed by atoms with Crippen LogP contribution in [0.1, 0.15) is 52.4 Å². The summed E-state index contributed by atoms with van der Waals surface area (Å²) >= 11 is 0. The van der Waals surface area contributed by atoms with Gasteiger partial charge in [-0.15, -0.1) is 0 Å². The molecule has 2 saturated heterocycles. The fraction of sp³-hybridized carbons (Fsp3) is 0.394. The Bertz CT molecular complexity index is 1260. The summed E-state index contributed by atoms with van der Waals surface area (Å²) in [5.74, 6) is 0.563. The first-order valence-electron chi connectivity index (χ1n) is 13.8. The molecule has 0 saturated carbocycles. The topological polar surface area (TPSA) is 3.24 Å². The molecular formula is C33H37NSi. The van der Waals surface area contributed by atoms with E-state index < -0.39 is 8.07 Å². The lowest BCUT2D eigenvalue weighted by atomic mass is 9.68. The Morgan fingerprint density at radius 3 is 2.29 bits per heavy atom. The molecule has 2 aliphatic heterocycles. The van der Waals surface area contributed by atoms with E-state index in [2.05, 4.69) is 110 Å². The van der Waals surface area contributed by atoms with Crippen molar-refractivity contribution in [1.82, 2.24) is 4.90 Å². The van der Waals surface area contributed by atoms with E-state index in [0.29, 0.717) is 23.0 Å². The number of nitrogens with zero attached hydrogens (tertiary/aromatic N) is 1. The molecule has 0 radical (unpaired) electrons. The lowest BCUT2D eigenvalue weighted by Gasteiger charge is -2.64. The van der Waals surface area contributed by atoms with Crippen molar-refractivity contribution in [2.75, 3.05) is 0 Å². The van der Waals surface area contributed by atoms with Crippen molar-refractivity contribution in [2.24, 2.45) is 11.3 Å². The van der Waals surface area contributed by atoms with Gasteiger partial charge in [0.2, 0.25) is 0 Å². The van der Waals surface area contributed by atoms with Crippen LogP contribution in [0.4, 0.5) is 0 Å². The standard InChI is InChI=1S/C33H37NSi/c1-33(2)25-16-6-10-20-29(25)35(30-21-11-7-17-26(30)33)31-22-12-8-18-27(31)34(24-14-4-3-5-15-24)28-19-9-13-23-32(28)35/h3-4,6,8,10,12,14,16-23,25,27,29,31H,5,7,9,11,13,15H2,1-2H3. The molecular weight excluding hydrogens is 438 g/mol. The van der Waals surface area contributed by atoms with Gasteiger partial charge in [0.1, 0.15) is 8.07 Å². The van der Waals surface area contributed by atoms with E-state index in [4.69, 9.17) is 0 Å². The summed E-state index contributed by atoms with van der Waals surface area (Å²) in [5, 5.41) is 3.52. The van der Waals surface area contributed by atoms with Crippen LogP contribution in [0.15, 0.2) is 119 Å². The molecule has 2 heteroatoms. The Morgan fingerprint density at radius 1 is 0.743 bits per heavy atom. The van der Waals surface area contributed by atoms with Crippen LogP contribution in [0.2, 0.25) is 11.1 Å². The van der Waals surface area contributed by atoms with E-state index in [1.807, 2.05) is 0 Å². The third-order valence-corrected chi connectivity index (χ3v) is 15.8. The van der Waals surface area contributed by atoms with Crippen molar-refractivity contribution in [2.45, 2.75) is 69.5 Å². The SMILES string of the molecule is CC1(C)C2=CCCC=C2[Si]2(C3=CCCC=C3N(C3=CC=CCC3)C3C=CC=CC32)C2C=CC=CC21. The molecule has 1 spiro atoms. The highest BCUT2D eigenvalue weighted by atomic mass is 28.3. The van der Waals surface area contributed by atoms with Gasteiger partial charge in [0.25, 0.3) is 0 Å². The summed E-state index contributed by atoms with van der Waals surface area (Å²) in [7, 11) is -2.19. The van der Waals surface area contributed by atoms with Gasteiger partial charge in [0, 0.05) is 16.9 Å². The van der Waals surface area contributed by atoms with E-state index in [1.165, 1.54) is 25.0 Å². The summed E-state index contributed by atoms with van der Waals surface area (Å²) in [6.07, 6.45) is 44.4. The second kappa shape index (κ2) is 7.96. The molecule has 0 bridgehead atoms. The van der Waals surface area contributed by atoms with Crippen LogP contribution in [0.25, 0.3) is 0 Å². The molecule has 5 atom stereocenters. The molecule has 7 rings (SSSR count). The average Bonchev–Trinajstić information content (AvgIpc) is 2.92. The summed E-state index contributed by atoms with van der Waals surface area (Å²) in [4.78, 5) is 2.77. The normalized spacial score (nSPS) is 37.9. The molecule has 0 N–H and O–H groups in total. The highest BCUT2D eigenvalue weighted by Crippen LogP contribution is 2.68. The lowest BCUT2D eigenvalue weighted by Crippen LogP contribution is -2.66. The molecule has 0 amide bonds. The number of rotatable bonds is 1. The van der Waals surface area contributed by atoms with Gasteiger partial charge in [-0.2, -0.15) is 0 Å². The van der Waals surface area contributed by atoms with Crippen molar-refractivity contribution in [3.63, 3.8) is 0 Å². The van der Waals surface area contributed by atoms with Gasteiger partial charge in [-0.1, -0.05) is 104 Å². The Balaban J connectivity index is 1.52. The predicted molar refractivity (Wildman–Crippen MR) is 150 cm³/mol. The van der Waals surface area contributed by atoms with Crippen molar-refractivity contribution < 1.29 is 0 Å². The maximum Gasteiger partial charge on any atom is 0.136 e. The smallest absolute Gasteiger partial charge is 0.136 e. The van der Waals surface area contributed by atoms with Crippen LogP contribution in [-0.4, -0.2) is 19.0 Å². The summed E-state index contributed by atoms with van der Waals surface area (Å²) in [5.41, 5.74) is 6.06. The summed E-state index contributed by atoms with van der Waals surface area (Å²) in [6, 6.07) is 0.413. The van der Waals surface area contributed by atoms with Gasteiger partial charge < -0.3 is 4.90 Å². The van der Waals surface area contributed by atoms with Crippen molar-refractivity contribution in [3.8, 4) is 0 Å². The zero-order valence-corrected chi connectivity index (χ0v) is 22.2. The Kier molecular flexibility index (Phi) is 4.93. The van der Waals surface area contributed by atoms with E-state index in [1.54, 1.807) is 21.7 Å². The van der Waals surface area contributed by atoms with E-state index >= 15 is 0 Å². The quantitative estimate of drug-likeness (QED) is 0.345. The monoisotopic (exact) mass is 475 g/mol. The first-order chi connectivity index (χ1) is 17.1. The zero-order valence-electron chi connectivity index (χ0n) is 21.2. The predicted octanol–water partition coefficient (Wildman–Crippen LogP) is 8.33. The first kappa shape index (κ1) is 21.7. The minimum atomic E-state index is -2.19. The largest absolute Gasteiger partial charge is 0.338 e. The molecule has 1 nitrogen and oxygen atoms in total. The molecule has 0 aromatic rings. The van der Waals surface area contributed by atoms with Crippen LogP contribution in [0.3, 0.4) is 0 Å². The Hall–Kier alpha value is -2.58. The maximum atomic E-state index is 2.77. The van der Waals surface area contributed by atoms with Gasteiger partial charge in [-0.25, -0.2) is 0 Å². The molecule has 0 aromatic carbocycles. The highest BCUT2D eigenvalue weighted by molar-refractivity contribution is 6.98. The van der Waals surface area contributed by atoms with Crippen LogP contribution < -0.4 is 0 Å². The van der Waals surface area contributed by atoms with Crippen LogP contribution >= 0.6 is 0 Å². The van der Waals surface area contributed by atoms with Gasteiger partial charge in [0.05, 0.1) is 6.04 Å². The van der Waals surface area contributed by atoms with Gasteiger partial charge in [-0.3, -0.25) is 0 Å². The number of hydrogen-bond donors (Lipinski definition) is 0. The Labute approximate surface area is 212 Å². The van der Waals surface area contributed by atoms with E-state index in [0.717, 1.165) is 19.3 Å². The minimum absolute atomic E-state index is 0.174. The van der Waals surface area contributed by atoms with Gasteiger partial charge >= 0.3 is 0 Å². The number of allylic oxidation sites excluding steroid dienone is 17. The first-order valence-corrected chi connectivity index (χ1v) is 16.0. The van der Waals surface area contributed by atoms with E-state index in [-0.39, 0.29) is 5.41 Å². The maximum absolute atomic E-state index is 2.77. The molecule has 35 heavy (non-hydrogen) atoms. The van der Waals surface area contributed by atoms with E-state index in [9.17, 15) is 0 Å². The molecule has 2 fully saturated rings. The summed E-state index contributed by atoms with van der Waals surface area (Å²) < 4.78 is 0. The van der Waals surface area contributed by atoms with Gasteiger partial charge in [-0.05, 0) is 72.2 Å². The minimum Gasteiger partial charge on any atom is -0.338 e. The second-order valence-electron chi connectivity index (χ2n) is 11.8. The molecule has 178 valence electrons. The molecule has 5 aliphatic carbocycles.